The Kier molecular flexibility index (Phi) is 5.95. The molecule has 3 aromatic rings. The molecule has 0 saturated carbocycles. The summed E-state index contributed by atoms with van der Waals surface area (Å²) >= 11 is 0. The second-order valence-corrected chi connectivity index (χ2v) is 6.53. The fourth-order valence-corrected chi connectivity index (χ4v) is 3.06. The number of nitrogens with zero attached hydrogens (tertiary/aromatic N) is 3. The Bertz CT molecular complexity index is 1200. The van der Waals surface area contributed by atoms with Crippen molar-refractivity contribution in [2.45, 2.75) is 13.8 Å². The van der Waals surface area contributed by atoms with Crippen LogP contribution in [0.3, 0.4) is 0 Å². The molecule has 7 nitrogen and oxygen atoms in total. The van der Waals surface area contributed by atoms with Crippen LogP contribution in [0.1, 0.15) is 32.7 Å². The van der Waals surface area contributed by atoms with E-state index in [1.54, 1.807) is 16.7 Å². The Hall–Kier alpha value is -4.36. The summed E-state index contributed by atoms with van der Waals surface area (Å²) in [5, 5.41) is 21.2. The molecular weight excluding hydrogens is 380 g/mol. The third-order valence-corrected chi connectivity index (χ3v) is 4.66. The Morgan fingerprint density at radius 1 is 1.03 bits per heavy atom. The van der Waals surface area contributed by atoms with Gasteiger partial charge in [-0.3, -0.25) is 9.36 Å². The predicted molar refractivity (Wildman–Crippen MR) is 110 cm³/mol. The number of esters is 1. The zero-order chi connectivity index (χ0) is 21.7. The van der Waals surface area contributed by atoms with Gasteiger partial charge in [0.2, 0.25) is 0 Å². The van der Waals surface area contributed by atoms with Gasteiger partial charge in [0.05, 0.1) is 22.8 Å². The van der Waals surface area contributed by atoms with E-state index in [-0.39, 0.29) is 5.56 Å². The number of hydrogen-bond donors (Lipinski definition) is 1. The lowest BCUT2D eigenvalue weighted by atomic mass is 10.1. The Balaban J connectivity index is 1.80. The maximum absolute atomic E-state index is 12.5. The monoisotopic (exact) mass is 398 g/mol. The minimum absolute atomic E-state index is 0.180. The van der Waals surface area contributed by atoms with Crippen molar-refractivity contribution in [3.8, 4) is 17.8 Å². The third-order valence-electron chi connectivity index (χ3n) is 4.66. The van der Waals surface area contributed by atoms with E-state index in [0.717, 1.165) is 16.9 Å². The van der Waals surface area contributed by atoms with Gasteiger partial charge in [-0.15, -0.1) is 0 Å². The molecule has 0 atom stereocenters. The summed E-state index contributed by atoms with van der Waals surface area (Å²) in [5.74, 6) is -0.967. The number of amides is 1. The molecule has 0 aliphatic carbocycles. The fourth-order valence-electron chi connectivity index (χ4n) is 3.06. The molecule has 0 unspecified atom stereocenters. The summed E-state index contributed by atoms with van der Waals surface area (Å²) in [6, 6.07) is 19.4. The van der Waals surface area contributed by atoms with Crippen molar-refractivity contribution in [2.24, 2.45) is 0 Å². The normalized spacial score (nSPS) is 10.0. The van der Waals surface area contributed by atoms with E-state index >= 15 is 0 Å². The number of benzene rings is 2. The van der Waals surface area contributed by atoms with E-state index in [2.05, 4.69) is 11.4 Å². The largest absolute Gasteiger partial charge is 0.452 e. The van der Waals surface area contributed by atoms with Crippen LogP contribution in [-0.2, 0) is 9.53 Å². The summed E-state index contributed by atoms with van der Waals surface area (Å²) < 4.78 is 6.85. The van der Waals surface area contributed by atoms with Crippen molar-refractivity contribution in [1.29, 1.82) is 10.5 Å². The molecule has 0 spiro atoms. The molecule has 1 heterocycles. The lowest BCUT2D eigenvalue weighted by Gasteiger charge is -2.13. The van der Waals surface area contributed by atoms with Crippen LogP contribution in [-0.4, -0.2) is 23.1 Å². The zero-order valence-corrected chi connectivity index (χ0v) is 16.5. The van der Waals surface area contributed by atoms with E-state index < -0.39 is 18.5 Å². The van der Waals surface area contributed by atoms with Gasteiger partial charge in [-0.1, -0.05) is 24.3 Å². The van der Waals surface area contributed by atoms with Gasteiger partial charge in [0.25, 0.3) is 5.91 Å². The summed E-state index contributed by atoms with van der Waals surface area (Å²) in [7, 11) is 0. The van der Waals surface area contributed by atoms with Crippen LogP contribution in [0, 0.1) is 36.5 Å². The number of ether oxygens (including phenoxy) is 1. The molecule has 0 radical (unpaired) electrons. The van der Waals surface area contributed by atoms with Crippen LogP contribution in [0.4, 0.5) is 5.82 Å². The Morgan fingerprint density at radius 3 is 2.43 bits per heavy atom. The van der Waals surface area contributed by atoms with Gasteiger partial charge in [-0.25, -0.2) is 4.79 Å². The number of hydrogen-bond acceptors (Lipinski definition) is 5. The highest BCUT2D eigenvalue weighted by Gasteiger charge is 2.21. The Labute approximate surface area is 173 Å². The van der Waals surface area contributed by atoms with Gasteiger partial charge in [0.15, 0.2) is 6.61 Å². The average Bonchev–Trinajstić information content (AvgIpc) is 3.01. The fraction of sp³-hybridized carbons (Fsp3) is 0.130. The maximum Gasteiger partial charge on any atom is 0.338 e. The molecule has 148 valence electrons. The van der Waals surface area contributed by atoms with Crippen molar-refractivity contribution < 1.29 is 14.3 Å². The van der Waals surface area contributed by atoms with Crippen LogP contribution in [0.5, 0.6) is 0 Å². The first kappa shape index (κ1) is 20.4. The summed E-state index contributed by atoms with van der Waals surface area (Å²) in [6.07, 6.45) is 0. The number of rotatable bonds is 5. The quantitative estimate of drug-likeness (QED) is 0.660. The third kappa shape index (κ3) is 4.06. The van der Waals surface area contributed by atoms with Crippen LogP contribution in [0.15, 0.2) is 54.6 Å². The number of aromatic nitrogens is 1. The van der Waals surface area contributed by atoms with Gasteiger partial charge in [0.1, 0.15) is 11.9 Å². The van der Waals surface area contributed by atoms with Gasteiger partial charge in [0, 0.05) is 11.4 Å². The van der Waals surface area contributed by atoms with Gasteiger partial charge in [-0.2, -0.15) is 10.5 Å². The van der Waals surface area contributed by atoms with Crippen molar-refractivity contribution >= 4 is 17.7 Å². The number of anilines is 1. The second kappa shape index (κ2) is 8.76. The molecule has 0 aliphatic rings. The summed E-state index contributed by atoms with van der Waals surface area (Å²) in [4.78, 5) is 24.7. The van der Waals surface area contributed by atoms with Crippen LogP contribution >= 0.6 is 0 Å². The predicted octanol–water partition coefficient (Wildman–Crippen LogP) is 3.63. The van der Waals surface area contributed by atoms with E-state index in [0.29, 0.717) is 16.9 Å². The van der Waals surface area contributed by atoms with E-state index in [1.807, 2.05) is 50.2 Å². The first-order chi connectivity index (χ1) is 14.5. The highest BCUT2D eigenvalue weighted by Crippen LogP contribution is 2.29. The van der Waals surface area contributed by atoms with Crippen LogP contribution in [0.2, 0.25) is 0 Å². The molecule has 0 aliphatic heterocycles. The minimum atomic E-state index is -0.714. The summed E-state index contributed by atoms with van der Waals surface area (Å²) in [6.45, 7) is 3.14. The second-order valence-electron chi connectivity index (χ2n) is 6.53. The van der Waals surface area contributed by atoms with Crippen molar-refractivity contribution in [2.75, 3.05) is 11.9 Å². The van der Waals surface area contributed by atoms with E-state index in [4.69, 9.17) is 10.00 Å². The van der Waals surface area contributed by atoms with Crippen molar-refractivity contribution in [3.63, 3.8) is 0 Å². The average molecular weight is 398 g/mol. The number of nitriles is 2. The minimum Gasteiger partial charge on any atom is -0.452 e. The highest BCUT2D eigenvalue weighted by molar-refractivity contribution is 5.96. The highest BCUT2D eigenvalue weighted by atomic mass is 16.5. The van der Waals surface area contributed by atoms with Gasteiger partial charge >= 0.3 is 5.97 Å². The smallest absolute Gasteiger partial charge is 0.338 e. The number of carbonyl (C=O) groups is 2. The zero-order valence-electron chi connectivity index (χ0n) is 16.5. The van der Waals surface area contributed by atoms with Crippen molar-refractivity contribution in [1.82, 2.24) is 4.57 Å². The molecule has 0 bridgehead atoms. The van der Waals surface area contributed by atoms with Crippen LogP contribution in [0.25, 0.3) is 5.69 Å². The SMILES string of the molecule is Cc1c(C#N)c(NC(=O)COC(=O)c2cccc(C#N)c2)n(-c2ccccc2)c1C. The molecule has 0 saturated heterocycles. The van der Waals surface area contributed by atoms with E-state index in [9.17, 15) is 14.9 Å². The lowest BCUT2D eigenvalue weighted by Crippen LogP contribution is -2.23. The topological polar surface area (TPSA) is 108 Å². The molecule has 0 fully saturated rings. The number of para-hydroxylation sites is 1. The molecule has 7 heteroatoms. The van der Waals surface area contributed by atoms with Gasteiger partial charge in [-0.05, 0) is 49.7 Å². The molecule has 3 rings (SSSR count). The van der Waals surface area contributed by atoms with Gasteiger partial charge < -0.3 is 10.1 Å². The molecule has 1 amide bonds. The first-order valence-electron chi connectivity index (χ1n) is 9.10. The van der Waals surface area contributed by atoms with E-state index in [1.165, 1.54) is 12.1 Å². The standard InChI is InChI=1S/C23H18N4O3/c1-15-16(2)27(19-9-4-3-5-10-19)22(20(15)13-25)26-21(28)14-30-23(29)18-8-6-7-17(11-18)12-24/h3-11H,14H2,1-2H3,(H,26,28). The molecule has 1 aromatic heterocycles. The lowest BCUT2D eigenvalue weighted by molar-refractivity contribution is -0.119. The Morgan fingerprint density at radius 2 is 1.77 bits per heavy atom. The molecule has 2 aromatic carbocycles. The molecule has 1 N–H and O–H groups in total. The van der Waals surface area contributed by atoms with Crippen molar-refractivity contribution in [3.05, 3.63) is 82.5 Å². The first-order valence-corrected chi connectivity index (χ1v) is 9.10. The number of carbonyl (C=O) groups excluding carboxylic acids is 2. The van der Waals surface area contributed by atoms with Crippen LogP contribution < -0.4 is 5.32 Å². The summed E-state index contributed by atoms with van der Waals surface area (Å²) in [5.41, 5.74) is 3.21. The maximum atomic E-state index is 12.5. The molecule has 30 heavy (non-hydrogen) atoms. The number of nitrogens with one attached hydrogen (secondary N) is 1. The molecular formula is C23H18N4O3.